The maximum atomic E-state index is 13.7. The van der Waals surface area contributed by atoms with E-state index < -0.39 is 0 Å². The SMILES string of the molecule is O=C1CCC2=C1N(c1ccc(F)c(Br)c1)C1=C(C2)OC2CCSC2=C1. The van der Waals surface area contributed by atoms with Crippen LogP contribution in [-0.2, 0) is 9.53 Å². The lowest BCUT2D eigenvalue weighted by atomic mass is 9.99. The van der Waals surface area contributed by atoms with Crippen molar-refractivity contribution in [2.45, 2.75) is 31.8 Å². The molecule has 3 heterocycles. The number of ether oxygens (including phenoxy) is 1. The third kappa shape index (κ3) is 2.41. The van der Waals surface area contributed by atoms with Crippen molar-refractivity contribution in [2.75, 3.05) is 10.7 Å². The summed E-state index contributed by atoms with van der Waals surface area (Å²) in [6.07, 6.45) is 5.38. The lowest BCUT2D eigenvalue weighted by Gasteiger charge is -2.36. The van der Waals surface area contributed by atoms with E-state index in [1.54, 1.807) is 12.1 Å². The van der Waals surface area contributed by atoms with Crippen LogP contribution < -0.4 is 4.90 Å². The molecule has 25 heavy (non-hydrogen) atoms. The Balaban J connectivity index is 1.67. The average Bonchev–Trinajstić information content (AvgIpc) is 3.20. The summed E-state index contributed by atoms with van der Waals surface area (Å²) in [6, 6.07) is 4.88. The molecule has 0 aromatic heterocycles. The van der Waals surface area contributed by atoms with Crippen molar-refractivity contribution in [3.63, 3.8) is 0 Å². The Hall–Kier alpha value is -1.53. The Labute approximate surface area is 157 Å². The summed E-state index contributed by atoms with van der Waals surface area (Å²) in [4.78, 5) is 15.8. The Kier molecular flexibility index (Phi) is 3.61. The smallest absolute Gasteiger partial charge is 0.179 e. The van der Waals surface area contributed by atoms with E-state index in [0.717, 1.165) is 47.0 Å². The number of anilines is 1. The van der Waals surface area contributed by atoms with Crippen LogP contribution in [0.5, 0.6) is 0 Å². The molecule has 3 aliphatic heterocycles. The fourth-order valence-corrected chi connectivity index (χ4v) is 5.38. The molecule has 0 spiro atoms. The minimum atomic E-state index is -0.313. The molecule has 0 amide bonds. The fourth-order valence-electron chi connectivity index (χ4n) is 3.90. The van der Waals surface area contributed by atoms with E-state index in [1.807, 2.05) is 16.7 Å². The Bertz CT molecular complexity index is 905. The first-order chi connectivity index (χ1) is 12.1. The van der Waals surface area contributed by atoms with Crippen molar-refractivity contribution in [1.82, 2.24) is 0 Å². The molecule has 1 atom stereocenters. The second-order valence-corrected chi connectivity index (χ2v) is 8.61. The van der Waals surface area contributed by atoms with Gasteiger partial charge in [-0.15, -0.1) is 11.8 Å². The first kappa shape index (κ1) is 15.7. The second kappa shape index (κ2) is 5.74. The Morgan fingerprint density at radius 1 is 1.32 bits per heavy atom. The number of benzene rings is 1. The van der Waals surface area contributed by atoms with Gasteiger partial charge in [-0.25, -0.2) is 4.39 Å². The number of rotatable bonds is 1. The first-order valence-corrected chi connectivity index (χ1v) is 10.1. The summed E-state index contributed by atoms with van der Waals surface area (Å²) in [6.45, 7) is 0. The number of halogens is 2. The summed E-state index contributed by atoms with van der Waals surface area (Å²) in [5.74, 6) is 1.84. The molecule has 1 aromatic carbocycles. The molecular weight excluding hydrogens is 405 g/mol. The zero-order valence-electron chi connectivity index (χ0n) is 13.4. The van der Waals surface area contributed by atoms with Crippen molar-refractivity contribution in [3.8, 4) is 0 Å². The molecule has 0 saturated carbocycles. The van der Waals surface area contributed by atoms with Crippen molar-refractivity contribution >= 4 is 39.2 Å². The number of nitrogens with zero attached hydrogens (tertiary/aromatic N) is 1. The van der Waals surface area contributed by atoms with E-state index in [-0.39, 0.29) is 17.7 Å². The molecule has 1 fully saturated rings. The molecule has 0 N–H and O–H groups in total. The summed E-state index contributed by atoms with van der Waals surface area (Å²) in [5.41, 5.74) is 3.59. The van der Waals surface area contributed by atoms with Crippen LogP contribution in [-0.4, -0.2) is 17.6 Å². The average molecular weight is 420 g/mol. The molecule has 1 saturated heterocycles. The van der Waals surface area contributed by atoms with Gasteiger partial charge in [0.1, 0.15) is 17.7 Å². The summed E-state index contributed by atoms with van der Waals surface area (Å²) >= 11 is 5.08. The number of fused-ring (bicyclic) bond motifs is 1. The molecule has 4 aliphatic rings. The predicted octanol–water partition coefficient (Wildman–Crippen LogP) is 5.05. The van der Waals surface area contributed by atoms with Gasteiger partial charge in [-0.05, 0) is 58.6 Å². The largest absolute Gasteiger partial charge is 0.487 e. The molecule has 1 unspecified atom stereocenters. The van der Waals surface area contributed by atoms with E-state index in [9.17, 15) is 9.18 Å². The van der Waals surface area contributed by atoms with Crippen molar-refractivity contribution in [2.24, 2.45) is 0 Å². The van der Waals surface area contributed by atoms with Crippen LogP contribution in [0.25, 0.3) is 0 Å². The highest BCUT2D eigenvalue weighted by Crippen LogP contribution is 2.48. The van der Waals surface area contributed by atoms with Gasteiger partial charge in [0.25, 0.3) is 0 Å². The quantitative estimate of drug-likeness (QED) is 0.636. The summed E-state index contributed by atoms with van der Waals surface area (Å²) in [7, 11) is 0. The summed E-state index contributed by atoms with van der Waals surface area (Å²) < 4.78 is 20.4. The molecule has 5 rings (SSSR count). The lowest BCUT2D eigenvalue weighted by Crippen LogP contribution is -2.32. The van der Waals surface area contributed by atoms with E-state index in [4.69, 9.17) is 4.74 Å². The normalized spacial score (nSPS) is 24.9. The van der Waals surface area contributed by atoms with Gasteiger partial charge < -0.3 is 9.64 Å². The predicted molar refractivity (Wildman–Crippen MR) is 99.5 cm³/mol. The van der Waals surface area contributed by atoms with Crippen LogP contribution in [0.3, 0.4) is 0 Å². The third-order valence-corrected chi connectivity index (χ3v) is 6.83. The van der Waals surface area contributed by atoms with Crippen molar-refractivity contribution in [1.29, 1.82) is 0 Å². The minimum Gasteiger partial charge on any atom is -0.487 e. The summed E-state index contributed by atoms with van der Waals surface area (Å²) in [5, 5.41) is 0. The van der Waals surface area contributed by atoms with Crippen LogP contribution in [0, 0.1) is 5.82 Å². The number of carbonyl (C=O) groups is 1. The van der Waals surface area contributed by atoms with Gasteiger partial charge >= 0.3 is 0 Å². The topological polar surface area (TPSA) is 29.5 Å². The molecule has 3 nitrogen and oxygen atoms in total. The monoisotopic (exact) mass is 419 g/mol. The van der Waals surface area contributed by atoms with E-state index in [1.165, 1.54) is 11.0 Å². The molecule has 1 aromatic rings. The molecule has 0 radical (unpaired) electrons. The van der Waals surface area contributed by atoms with Crippen molar-refractivity contribution < 1.29 is 13.9 Å². The number of Topliss-reactive ketones (excluding diaryl/α,β-unsaturated/α-hetero) is 1. The van der Waals surface area contributed by atoms with Crippen molar-refractivity contribution in [3.05, 3.63) is 62.2 Å². The number of hydrogen-bond acceptors (Lipinski definition) is 4. The number of allylic oxidation sites excluding steroid dienone is 3. The van der Waals surface area contributed by atoms with E-state index >= 15 is 0 Å². The van der Waals surface area contributed by atoms with Gasteiger partial charge in [0.15, 0.2) is 5.78 Å². The second-order valence-electron chi connectivity index (χ2n) is 6.58. The molecule has 128 valence electrons. The third-order valence-electron chi connectivity index (χ3n) is 5.07. The standard InChI is InChI=1S/C19H15BrFNO2S/c20-12-8-11(2-3-13(12)21)22-14-9-18-16(5-6-25-18)24-17(14)7-10-1-4-15(23)19(10)22/h2-3,8-9,16H,1,4-7H2. The van der Waals surface area contributed by atoms with Gasteiger partial charge in [0.05, 0.1) is 15.9 Å². The lowest BCUT2D eigenvalue weighted by molar-refractivity contribution is -0.114. The maximum Gasteiger partial charge on any atom is 0.179 e. The maximum absolute atomic E-state index is 13.7. The van der Waals surface area contributed by atoms with Crippen LogP contribution in [0.15, 0.2) is 56.4 Å². The first-order valence-electron chi connectivity index (χ1n) is 8.36. The van der Waals surface area contributed by atoms with Crippen LogP contribution >= 0.6 is 27.7 Å². The van der Waals surface area contributed by atoms with Gasteiger partial charge in [-0.3, -0.25) is 4.79 Å². The highest BCUT2D eigenvalue weighted by Gasteiger charge is 2.40. The number of thioether (sulfide) groups is 1. The molecule has 0 bridgehead atoms. The number of carbonyl (C=O) groups excluding carboxylic acids is 1. The fraction of sp³-hybridized carbons (Fsp3) is 0.316. The molecule has 6 heteroatoms. The van der Waals surface area contributed by atoms with Gasteiger partial charge in [-0.2, -0.15) is 0 Å². The minimum absolute atomic E-state index is 0.154. The van der Waals surface area contributed by atoms with Crippen LogP contribution in [0.1, 0.15) is 25.7 Å². The van der Waals surface area contributed by atoms with Gasteiger partial charge in [-0.1, -0.05) is 0 Å². The zero-order valence-corrected chi connectivity index (χ0v) is 15.8. The van der Waals surface area contributed by atoms with E-state index in [2.05, 4.69) is 22.0 Å². The zero-order chi connectivity index (χ0) is 17.1. The Morgan fingerprint density at radius 3 is 3.04 bits per heavy atom. The highest BCUT2D eigenvalue weighted by molar-refractivity contribution is 9.10. The number of hydrogen-bond donors (Lipinski definition) is 0. The van der Waals surface area contributed by atoms with Gasteiger partial charge in [0.2, 0.25) is 0 Å². The van der Waals surface area contributed by atoms with Gasteiger partial charge in [0, 0.05) is 29.2 Å². The van der Waals surface area contributed by atoms with Crippen LogP contribution in [0.2, 0.25) is 0 Å². The Morgan fingerprint density at radius 2 is 2.20 bits per heavy atom. The molecule has 1 aliphatic carbocycles. The number of ketones is 1. The molecular formula is C19H15BrFNO2S. The van der Waals surface area contributed by atoms with E-state index in [0.29, 0.717) is 17.3 Å². The van der Waals surface area contributed by atoms with Crippen LogP contribution in [0.4, 0.5) is 10.1 Å². The highest BCUT2D eigenvalue weighted by atomic mass is 79.9.